The number of hydrogen-bond acceptors (Lipinski definition) is 3. The van der Waals surface area contributed by atoms with E-state index < -0.39 is 0 Å². The van der Waals surface area contributed by atoms with Gasteiger partial charge in [0.25, 0.3) is 5.56 Å². The Morgan fingerprint density at radius 3 is 2.96 bits per heavy atom. The van der Waals surface area contributed by atoms with Crippen LogP contribution in [-0.2, 0) is 26.4 Å². The molecule has 2 amide bonds. The predicted octanol–water partition coefficient (Wildman–Crippen LogP) is 2.72. The summed E-state index contributed by atoms with van der Waals surface area (Å²) in [6.07, 6.45) is 4.14. The van der Waals surface area contributed by atoms with E-state index in [2.05, 4.69) is 10.3 Å². The van der Waals surface area contributed by atoms with Crippen molar-refractivity contribution in [3.8, 4) is 0 Å². The van der Waals surface area contributed by atoms with E-state index in [-0.39, 0.29) is 23.4 Å². The van der Waals surface area contributed by atoms with Crippen molar-refractivity contribution >= 4 is 17.6 Å². The van der Waals surface area contributed by atoms with Gasteiger partial charge in [0.2, 0.25) is 0 Å². The Hall–Kier alpha value is -2.41. The zero-order chi connectivity index (χ0) is 19.1. The van der Waals surface area contributed by atoms with Gasteiger partial charge in [-0.05, 0) is 48.9 Å². The molecule has 1 atom stereocenters. The highest BCUT2D eigenvalue weighted by Gasteiger charge is 2.29. The van der Waals surface area contributed by atoms with Gasteiger partial charge in [0.1, 0.15) is 5.82 Å². The summed E-state index contributed by atoms with van der Waals surface area (Å²) >= 11 is 6.01. The molecule has 1 unspecified atom stereocenters. The first-order valence-corrected chi connectivity index (χ1v) is 9.38. The van der Waals surface area contributed by atoms with E-state index in [0.717, 1.165) is 18.4 Å². The second kappa shape index (κ2) is 6.96. The van der Waals surface area contributed by atoms with Gasteiger partial charge in [-0.2, -0.15) is 0 Å². The zero-order valence-electron chi connectivity index (χ0n) is 15.0. The molecule has 2 aliphatic rings. The number of amides is 2. The van der Waals surface area contributed by atoms with Crippen molar-refractivity contribution in [3.63, 3.8) is 0 Å². The molecule has 0 fully saturated rings. The van der Waals surface area contributed by atoms with Gasteiger partial charge in [-0.25, -0.2) is 14.2 Å². The van der Waals surface area contributed by atoms with Crippen LogP contribution in [0.1, 0.15) is 41.3 Å². The van der Waals surface area contributed by atoms with E-state index in [9.17, 15) is 14.0 Å². The Balaban J connectivity index is 1.53. The maximum absolute atomic E-state index is 14.2. The summed E-state index contributed by atoms with van der Waals surface area (Å²) in [5, 5.41) is 3.34. The maximum Gasteiger partial charge on any atom is 0.318 e. The topological polar surface area (TPSA) is 67.2 Å². The summed E-state index contributed by atoms with van der Waals surface area (Å²) in [5.41, 5.74) is 2.62. The van der Waals surface area contributed by atoms with E-state index in [1.165, 1.54) is 17.0 Å². The van der Waals surface area contributed by atoms with Crippen LogP contribution in [0.25, 0.3) is 0 Å². The maximum atomic E-state index is 14.2. The molecule has 1 aliphatic heterocycles. The normalized spacial score (nSPS) is 18.6. The number of aryl methyl sites for hydroxylation is 1. The summed E-state index contributed by atoms with van der Waals surface area (Å²) in [6, 6.07) is 2.55. The number of fused-ring (bicyclic) bond motifs is 2. The van der Waals surface area contributed by atoms with Crippen molar-refractivity contribution < 1.29 is 9.18 Å². The Kier molecular flexibility index (Phi) is 4.63. The molecule has 0 saturated carbocycles. The number of carbonyl (C=O) groups excluding carboxylic acids is 1. The summed E-state index contributed by atoms with van der Waals surface area (Å²) in [5.74, 6) is -0.316. The van der Waals surface area contributed by atoms with Gasteiger partial charge in [-0.15, -0.1) is 0 Å². The molecular weight excluding hydrogens is 371 g/mol. The molecule has 6 nitrogen and oxygen atoms in total. The zero-order valence-corrected chi connectivity index (χ0v) is 15.7. The summed E-state index contributed by atoms with van der Waals surface area (Å²) in [7, 11) is 1.67. The molecule has 0 radical (unpaired) electrons. The summed E-state index contributed by atoms with van der Waals surface area (Å²) in [4.78, 5) is 30.9. The first-order chi connectivity index (χ1) is 12.9. The van der Waals surface area contributed by atoms with Crippen molar-refractivity contribution in [3.05, 3.63) is 62.0 Å². The van der Waals surface area contributed by atoms with Gasteiger partial charge in [-0.1, -0.05) is 11.6 Å². The minimum absolute atomic E-state index is 0.0635. The molecule has 1 N–H and O–H groups in total. The van der Waals surface area contributed by atoms with Crippen LogP contribution in [0.3, 0.4) is 0 Å². The number of halogens is 2. The van der Waals surface area contributed by atoms with Crippen LogP contribution in [0.15, 0.2) is 23.3 Å². The van der Waals surface area contributed by atoms with Crippen LogP contribution >= 0.6 is 11.6 Å². The Bertz CT molecular complexity index is 975. The lowest BCUT2D eigenvalue weighted by molar-refractivity contribution is 0.185. The molecule has 1 aliphatic carbocycles. The first-order valence-electron chi connectivity index (χ1n) is 9.00. The van der Waals surface area contributed by atoms with E-state index in [1.807, 2.05) is 0 Å². The van der Waals surface area contributed by atoms with Gasteiger partial charge in [0.15, 0.2) is 0 Å². The molecule has 0 saturated heterocycles. The Morgan fingerprint density at radius 2 is 2.15 bits per heavy atom. The van der Waals surface area contributed by atoms with Gasteiger partial charge in [-0.3, -0.25) is 4.79 Å². The summed E-state index contributed by atoms with van der Waals surface area (Å²) < 4.78 is 15.6. The average Bonchev–Trinajstić information content (AvgIpc) is 2.65. The van der Waals surface area contributed by atoms with Gasteiger partial charge < -0.3 is 14.8 Å². The quantitative estimate of drug-likeness (QED) is 0.814. The van der Waals surface area contributed by atoms with E-state index in [1.54, 1.807) is 18.0 Å². The molecule has 142 valence electrons. The monoisotopic (exact) mass is 390 g/mol. The van der Waals surface area contributed by atoms with Crippen molar-refractivity contribution in [1.82, 2.24) is 19.8 Å². The lowest BCUT2D eigenvalue weighted by atomic mass is 9.87. The van der Waals surface area contributed by atoms with Crippen LogP contribution in [0, 0.1) is 5.82 Å². The molecule has 0 bridgehead atoms. The third-order valence-corrected chi connectivity index (χ3v) is 5.58. The van der Waals surface area contributed by atoms with E-state index in [4.69, 9.17) is 11.6 Å². The first kappa shape index (κ1) is 18.0. The number of rotatable bonds is 1. The average molecular weight is 391 g/mol. The molecule has 2 aromatic rings. The molecule has 2 heterocycles. The van der Waals surface area contributed by atoms with Crippen LogP contribution in [-0.4, -0.2) is 27.0 Å². The van der Waals surface area contributed by atoms with Crippen molar-refractivity contribution in [2.45, 2.75) is 38.3 Å². The highest BCUT2D eigenvalue weighted by Crippen LogP contribution is 2.34. The fourth-order valence-electron chi connectivity index (χ4n) is 3.92. The molecule has 27 heavy (non-hydrogen) atoms. The number of benzene rings is 1. The van der Waals surface area contributed by atoms with Crippen LogP contribution in [0.4, 0.5) is 9.18 Å². The van der Waals surface area contributed by atoms with Gasteiger partial charge >= 0.3 is 6.03 Å². The lowest BCUT2D eigenvalue weighted by Gasteiger charge is -2.32. The molecule has 8 heteroatoms. The second-order valence-corrected chi connectivity index (χ2v) is 7.54. The number of nitrogens with one attached hydrogen (secondary N) is 1. The number of urea groups is 1. The minimum atomic E-state index is -0.316. The summed E-state index contributed by atoms with van der Waals surface area (Å²) in [6.45, 7) is 0.740. The standard InChI is InChI=1S/C19H20ClFN4O2/c1-24-10-22-17-9-25(6-5-13(17)18(24)26)19(27)23-16-4-2-3-12-14(16)7-11(20)8-15(12)21/h7-8,10,16H,2-6,9H2,1H3,(H,23,27). The molecule has 0 spiro atoms. The fraction of sp³-hybridized carbons (Fsp3) is 0.421. The lowest BCUT2D eigenvalue weighted by Crippen LogP contribution is -2.46. The number of hydrogen-bond donors (Lipinski definition) is 1. The highest BCUT2D eigenvalue weighted by molar-refractivity contribution is 6.30. The third-order valence-electron chi connectivity index (χ3n) is 5.36. The highest BCUT2D eigenvalue weighted by atomic mass is 35.5. The minimum Gasteiger partial charge on any atom is -0.331 e. The van der Waals surface area contributed by atoms with E-state index >= 15 is 0 Å². The van der Waals surface area contributed by atoms with Gasteiger partial charge in [0.05, 0.1) is 24.6 Å². The second-order valence-electron chi connectivity index (χ2n) is 7.11. The number of nitrogens with zero attached hydrogens (tertiary/aromatic N) is 3. The van der Waals surface area contributed by atoms with Crippen molar-refractivity contribution in [2.24, 2.45) is 7.05 Å². The largest absolute Gasteiger partial charge is 0.331 e. The molecular formula is C19H20ClFN4O2. The molecule has 1 aromatic heterocycles. The predicted molar refractivity (Wildman–Crippen MR) is 99.2 cm³/mol. The third kappa shape index (κ3) is 3.32. The number of carbonyl (C=O) groups is 1. The molecule has 4 rings (SSSR count). The van der Waals surface area contributed by atoms with Crippen LogP contribution in [0.5, 0.6) is 0 Å². The fourth-order valence-corrected chi connectivity index (χ4v) is 4.13. The Labute approximate surface area is 161 Å². The van der Waals surface area contributed by atoms with Crippen LogP contribution < -0.4 is 10.9 Å². The Morgan fingerprint density at radius 1 is 1.33 bits per heavy atom. The van der Waals surface area contributed by atoms with Crippen molar-refractivity contribution in [1.29, 1.82) is 0 Å². The van der Waals surface area contributed by atoms with Gasteiger partial charge in [0, 0.05) is 24.2 Å². The van der Waals surface area contributed by atoms with Crippen molar-refractivity contribution in [2.75, 3.05) is 6.54 Å². The van der Waals surface area contributed by atoms with Crippen LogP contribution in [0.2, 0.25) is 5.02 Å². The number of aromatic nitrogens is 2. The SMILES string of the molecule is Cn1cnc2c(c1=O)CCN(C(=O)NC1CCCc3c(F)cc(Cl)cc31)C2. The molecule has 1 aromatic carbocycles. The van der Waals surface area contributed by atoms with E-state index in [0.29, 0.717) is 47.8 Å². The smallest absolute Gasteiger partial charge is 0.318 e.